The van der Waals surface area contributed by atoms with Gasteiger partial charge in [-0.1, -0.05) is 29.3 Å². The Morgan fingerprint density at radius 2 is 1.84 bits per heavy atom. The van der Waals surface area contributed by atoms with E-state index < -0.39 is 0 Å². The molecule has 2 amide bonds. The first-order valence-corrected chi connectivity index (χ1v) is 6.64. The Kier molecular flexibility index (Phi) is 6.12. The summed E-state index contributed by atoms with van der Waals surface area (Å²) in [5.41, 5.74) is 0.746. The van der Waals surface area contributed by atoms with Gasteiger partial charge in [0.2, 0.25) is 11.8 Å². The average Bonchev–Trinajstić information content (AvgIpc) is 2.30. The van der Waals surface area contributed by atoms with E-state index in [-0.39, 0.29) is 30.8 Å². The van der Waals surface area contributed by atoms with Gasteiger partial charge in [-0.25, -0.2) is 0 Å². The van der Waals surface area contributed by atoms with Crippen LogP contribution >= 0.6 is 23.2 Å². The van der Waals surface area contributed by atoms with Gasteiger partial charge in [0.1, 0.15) is 0 Å². The number of hydrogen-bond acceptors (Lipinski definition) is 2. The van der Waals surface area contributed by atoms with Crippen molar-refractivity contribution in [2.75, 3.05) is 6.54 Å². The summed E-state index contributed by atoms with van der Waals surface area (Å²) in [4.78, 5) is 23.0. The molecule has 2 N–H and O–H groups in total. The van der Waals surface area contributed by atoms with Crippen LogP contribution < -0.4 is 10.6 Å². The maximum Gasteiger partial charge on any atom is 0.239 e. The average molecular weight is 303 g/mol. The lowest BCUT2D eigenvalue weighted by Gasteiger charge is -2.09. The lowest BCUT2D eigenvalue weighted by atomic mass is 10.1. The third-order valence-electron chi connectivity index (χ3n) is 2.24. The molecule has 0 spiro atoms. The molecule has 0 saturated carbocycles. The van der Waals surface area contributed by atoms with E-state index >= 15 is 0 Å². The van der Waals surface area contributed by atoms with Gasteiger partial charge in [-0.05, 0) is 31.5 Å². The van der Waals surface area contributed by atoms with Crippen molar-refractivity contribution in [3.63, 3.8) is 0 Å². The van der Waals surface area contributed by atoms with Crippen LogP contribution in [-0.4, -0.2) is 24.4 Å². The summed E-state index contributed by atoms with van der Waals surface area (Å²) in [5, 5.41) is 6.08. The summed E-state index contributed by atoms with van der Waals surface area (Å²) in [6.45, 7) is 3.68. The Balaban J connectivity index is 2.43. The fourth-order valence-electron chi connectivity index (χ4n) is 1.45. The second-order valence-electron chi connectivity index (χ2n) is 4.42. The first-order chi connectivity index (χ1) is 8.88. The first kappa shape index (κ1) is 15.8. The van der Waals surface area contributed by atoms with Gasteiger partial charge in [0.05, 0.1) is 23.0 Å². The van der Waals surface area contributed by atoms with Crippen molar-refractivity contribution < 1.29 is 9.59 Å². The quantitative estimate of drug-likeness (QED) is 0.876. The van der Waals surface area contributed by atoms with Gasteiger partial charge in [-0.2, -0.15) is 0 Å². The molecule has 19 heavy (non-hydrogen) atoms. The molecule has 0 unspecified atom stereocenters. The highest BCUT2D eigenvalue weighted by atomic mass is 35.5. The van der Waals surface area contributed by atoms with Crippen molar-refractivity contribution in [2.45, 2.75) is 26.3 Å². The minimum absolute atomic E-state index is 0.0294. The molecule has 0 aliphatic heterocycles. The third-order valence-corrected chi connectivity index (χ3v) is 2.98. The molecular formula is C13H16Cl2N2O2. The summed E-state index contributed by atoms with van der Waals surface area (Å²) in [6.07, 6.45) is 0.159. The van der Waals surface area contributed by atoms with E-state index in [1.54, 1.807) is 18.2 Å². The van der Waals surface area contributed by atoms with Crippen molar-refractivity contribution in [3.8, 4) is 0 Å². The summed E-state index contributed by atoms with van der Waals surface area (Å²) < 4.78 is 0. The van der Waals surface area contributed by atoms with E-state index in [2.05, 4.69) is 10.6 Å². The minimum Gasteiger partial charge on any atom is -0.352 e. The number of rotatable bonds is 5. The molecule has 0 atom stereocenters. The zero-order valence-corrected chi connectivity index (χ0v) is 12.3. The molecule has 1 rings (SSSR count). The van der Waals surface area contributed by atoms with Crippen LogP contribution in [0, 0.1) is 0 Å². The number of hydrogen-bond donors (Lipinski definition) is 2. The number of carbonyl (C=O) groups excluding carboxylic acids is 2. The molecule has 0 heterocycles. The van der Waals surface area contributed by atoms with Gasteiger partial charge in [0, 0.05) is 6.04 Å². The van der Waals surface area contributed by atoms with Crippen LogP contribution in [0.25, 0.3) is 0 Å². The van der Waals surface area contributed by atoms with Gasteiger partial charge in [0.15, 0.2) is 0 Å². The van der Waals surface area contributed by atoms with Crippen LogP contribution in [0.5, 0.6) is 0 Å². The minimum atomic E-state index is -0.239. The Morgan fingerprint density at radius 1 is 1.16 bits per heavy atom. The molecule has 1 aromatic carbocycles. The van der Waals surface area contributed by atoms with E-state index in [4.69, 9.17) is 23.2 Å². The zero-order valence-electron chi connectivity index (χ0n) is 10.8. The topological polar surface area (TPSA) is 58.2 Å². The molecule has 4 nitrogen and oxygen atoms in total. The number of carbonyl (C=O) groups is 2. The van der Waals surface area contributed by atoms with Crippen LogP contribution in [0.15, 0.2) is 18.2 Å². The predicted molar refractivity (Wildman–Crippen MR) is 76.5 cm³/mol. The van der Waals surface area contributed by atoms with E-state index in [9.17, 15) is 9.59 Å². The number of halogens is 2. The van der Waals surface area contributed by atoms with Gasteiger partial charge in [0.25, 0.3) is 0 Å². The van der Waals surface area contributed by atoms with Crippen LogP contribution in [0.2, 0.25) is 10.0 Å². The smallest absolute Gasteiger partial charge is 0.239 e. The summed E-state index contributed by atoms with van der Waals surface area (Å²) in [5.74, 6) is -0.449. The Bertz CT molecular complexity index is 476. The molecule has 0 bridgehead atoms. The van der Waals surface area contributed by atoms with E-state index in [1.807, 2.05) is 13.8 Å². The van der Waals surface area contributed by atoms with Crippen LogP contribution in [-0.2, 0) is 16.0 Å². The molecule has 0 fully saturated rings. The molecule has 0 aliphatic carbocycles. The summed E-state index contributed by atoms with van der Waals surface area (Å²) >= 11 is 11.6. The molecule has 1 aromatic rings. The number of nitrogens with one attached hydrogen (secondary N) is 2. The maximum absolute atomic E-state index is 11.6. The second kappa shape index (κ2) is 7.36. The van der Waals surface area contributed by atoms with Gasteiger partial charge < -0.3 is 10.6 Å². The Hall–Kier alpha value is -1.26. The van der Waals surface area contributed by atoms with Crippen molar-refractivity contribution in [1.82, 2.24) is 10.6 Å². The summed E-state index contributed by atoms with van der Waals surface area (Å²) in [7, 11) is 0. The second-order valence-corrected chi connectivity index (χ2v) is 5.24. The lowest BCUT2D eigenvalue weighted by molar-refractivity contribution is -0.126. The van der Waals surface area contributed by atoms with Gasteiger partial charge in [-0.15, -0.1) is 0 Å². The maximum atomic E-state index is 11.6. The molecule has 0 aliphatic rings. The lowest BCUT2D eigenvalue weighted by Crippen LogP contribution is -2.40. The fourth-order valence-corrected chi connectivity index (χ4v) is 1.77. The molecule has 0 aromatic heterocycles. The Labute approximate surface area is 122 Å². The highest BCUT2D eigenvalue weighted by molar-refractivity contribution is 6.42. The van der Waals surface area contributed by atoms with Crippen LogP contribution in [0.1, 0.15) is 19.4 Å². The van der Waals surface area contributed by atoms with E-state index in [0.29, 0.717) is 10.0 Å². The normalized spacial score (nSPS) is 10.4. The van der Waals surface area contributed by atoms with Crippen LogP contribution in [0.4, 0.5) is 0 Å². The van der Waals surface area contributed by atoms with Crippen molar-refractivity contribution >= 4 is 35.0 Å². The fraction of sp³-hybridized carbons (Fsp3) is 0.385. The highest BCUT2D eigenvalue weighted by Crippen LogP contribution is 2.22. The number of benzene rings is 1. The van der Waals surface area contributed by atoms with Crippen molar-refractivity contribution in [1.29, 1.82) is 0 Å². The molecule has 6 heteroatoms. The van der Waals surface area contributed by atoms with E-state index in [1.165, 1.54) is 0 Å². The van der Waals surface area contributed by atoms with Gasteiger partial charge >= 0.3 is 0 Å². The van der Waals surface area contributed by atoms with Crippen molar-refractivity contribution in [3.05, 3.63) is 33.8 Å². The standard InChI is InChI=1S/C13H16Cl2N2O2/c1-8(2)17-13(19)7-16-12(18)6-9-3-4-10(14)11(15)5-9/h3-5,8H,6-7H2,1-2H3,(H,16,18)(H,17,19). The molecule has 104 valence electrons. The monoisotopic (exact) mass is 302 g/mol. The number of amides is 2. The third kappa shape index (κ3) is 5.94. The van der Waals surface area contributed by atoms with Gasteiger partial charge in [-0.3, -0.25) is 9.59 Å². The summed E-state index contributed by atoms with van der Waals surface area (Å²) in [6, 6.07) is 5.05. The molecule has 0 saturated heterocycles. The SMILES string of the molecule is CC(C)NC(=O)CNC(=O)Cc1ccc(Cl)c(Cl)c1. The largest absolute Gasteiger partial charge is 0.352 e. The Morgan fingerprint density at radius 3 is 2.42 bits per heavy atom. The highest BCUT2D eigenvalue weighted by Gasteiger charge is 2.08. The zero-order chi connectivity index (χ0) is 14.4. The van der Waals surface area contributed by atoms with Crippen LogP contribution in [0.3, 0.4) is 0 Å². The molecular weight excluding hydrogens is 287 g/mol. The molecule has 0 radical (unpaired) electrons. The van der Waals surface area contributed by atoms with Crippen molar-refractivity contribution in [2.24, 2.45) is 0 Å². The first-order valence-electron chi connectivity index (χ1n) is 5.88. The predicted octanol–water partition coefficient (Wildman–Crippen LogP) is 2.18. The van der Waals surface area contributed by atoms with E-state index in [0.717, 1.165) is 5.56 Å².